The van der Waals surface area contributed by atoms with Crippen LogP contribution in [-0.4, -0.2) is 30.3 Å². The van der Waals surface area contributed by atoms with Gasteiger partial charge in [0.1, 0.15) is 5.56 Å². The molecule has 2 rings (SSSR count). The first-order chi connectivity index (χ1) is 10.5. The lowest BCUT2D eigenvalue weighted by Crippen LogP contribution is -2.32. The first kappa shape index (κ1) is 17.0. The summed E-state index contributed by atoms with van der Waals surface area (Å²) in [6.45, 7) is 9.10. The van der Waals surface area contributed by atoms with Crippen LogP contribution in [0.5, 0.6) is 0 Å². The Hall–Kier alpha value is -1.36. The van der Waals surface area contributed by atoms with E-state index >= 15 is 0 Å². The fourth-order valence-electron chi connectivity index (χ4n) is 3.05. The number of hydrogen-bond acceptors (Lipinski definition) is 4. The molecular formula is C17H28N2O3. The molecule has 0 bridgehead atoms. The summed E-state index contributed by atoms with van der Waals surface area (Å²) < 4.78 is 11.2. The Bertz CT molecular complexity index is 496. The molecule has 0 spiro atoms. The minimum atomic E-state index is -0.122. The van der Waals surface area contributed by atoms with Gasteiger partial charge in [-0.25, -0.2) is 0 Å². The van der Waals surface area contributed by atoms with Crippen molar-refractivity contribution in [2.45, 2.75) is 65.4 Å². The first-order valence-corrected chi connectivity index (χ1v) is 8.36. The Labute approximate surface area is 132 Å². The average molecular weight is 308 g/mol. The lowest BCUT2D eigenvalue weighted by atomic mass is 9.88. The van der Waals surface area contributed by atoms with Crippen molar-refractivity contribution in [2.24, 2.45) is 5.92 Å². The number of amides is 1. The minimum absolute atomic E-state index is 0.122. The van der Waals surface area contributed by atoms with Crippen LogP contribution in [0.1, 0.15) is 74.2 Å². The normalized spacial score (nSPS) is 22.0. The third kappa shape index (κ3) is 4.09. The Kier molecular flexibility index (Phi) is 6.00. The fourth-order valence-corrected chi connectivity index (χ4v) is 3.05. The molecule has 1 aliphatic carbocycles. The van der Waals surface area contributed by atoms with E-state index in [1.54, 1.807) is 6.92 Å². The summed E-state index contributed by atoms with van der Waals surface area (Å²) in [5.74, 6) is 1.29. The molecule has 0 saturated heterocycles. The summed E-state index contributed by atoms with van der Waals surface area (Å²) in [7, 11) is 0. The van der Waals surface area contributed by atoms with Crippen LogP contribution in [-0.2, 0) is 4.74 Å². The van der Waals surface area contributed by atoms with Gasteiger partial charge in [-0.05, 0) is 25.7 Å². The van der Waals surface area contributed by atoms with Crippen LogP contribution in [0, 0.1) is 12.8 Å². The number of aryl methyl sites for hydroxylation is 1. The van der Waals surface area contributed by atoms with Crippen LogP contribution >= 0.6 is 0 Å². The van der Waals surface area contributed by atoms with Crippen LogP contribution in [0.25, 0.3) is 0 Å². The maximum Gasteiger partial charge on any atom is 0.256 e. The number of rotatable bonds is 6. The number of carbonyl (C=O) groups excluding carboxylic acids is 1. The van der Waals surface area contributed by atoms with Crippen molar-refractivity contribution in [3.8, 4) is 0 Å². The van der Waals surface area contributed by atoms with Crippen molar-refractivity contribution >= 4 is 5.91 Å². The molecule has 1 N–H and O–H groups in total. The second kappa shape index (κ2) is 7.77. The molecule has 1 aromatic heterocycles. The van der Waals surface area contributed by atoms with Crippen molar-refractivity contribution < 1.29 is 14.1 Å². The highest BCUT2D eigenvalue weighted by molar-refractivity contribution is 5.96. The van der Waals surface area contributed by atoms with Crippen LogP contribution in [0.4, 0.5) is 0 Å². The first-order valence-electron chi connectivity index (χ1n) is 8.36. The summed E-state index contributed by atoms with van der Waals surface area (Å²) in [5, 5.41) is 6.82. The molecule has 1 amide bonds. The molecule has 1 aliphatic rings. The van der Waals surface area contributed by atoms with Gasteiger partial charge in [0.2, 0.25) is 0 Å². The average Bonchev–Trinajstić information content (AvgIpc) is 2.87. The summed E-state index contributed by atoms with van der Waals surface area (Å²) in [4.78, 5) is 12.3. The zero-order chi connectivity index (χ0) is 16.1. The number of nitrogens with one attached hydrogen (secondary N) is 1. The molecule has 2 atom stereocenters. The van der Waals surface area contributed by atoms with Crippen LogP contribution < -0.4 is 5.32 Å². The molecule has 0 aliphatic heterocycles. The molecule has 5 heteroatoms. The minimum Gasteiger partial charge on any atom is -0.376 e. The molecule has 0 aromatic carbocycles. The SMILES string of the molecule is Cc1noc(C(C)C)c1C(=O)NCCO[C@@H]1CCCC[C@H]1C. The number of carbonyl (C=O) groups is 1. The summed E-state index contributed by atoms with van der Waals surface area (Å²) in [6.07, 6.45) is 5.28. The monoisotopic (exact) mass is 308 g/mol. The van der Waals surface area contributed by atoms with Crippen molar-refractivity contribution in [3.63, 3.8) is 0 Å². The zero-order valence-electron chi connectivity index (χ0n) is 14.1. The third-order valence-electron chi connectivity index (χ3n) is 4.39. The molecule has 0 unspecified atom stereocenters. The van der Waals surface area contributed by atoms with Crippen molar-refractivity contribution in [1.29, 1.82) is 0 Å². The van der Waals surface area contributed by atoms with Crippen molar-refractivity contribution in [3.05, 3.63) is 17.0 Å². The van der Waals surface area contributed by atoms with E-state index in [1.165, 1.54) is 19.3 Å². The lowest BCUT2D eigenvalue weighted by Gasteiger charge is -2.28. The Morgan fingerprint density at radius 2 is 2.14 bits per heavy atom. The molecule has 1 saturated carbocycles. The van der Waals surface area contributed by atoms with Gasteiger partial charge in [0, 0.05) is 12.5 Å². The van der Waals surface area contributed by atoms with E-state index in [2.05, 4.69) is 17.4 Å². The van der Waals surface area contributed by atoms with Crippen molar-refractivity contribution in [1.82, 2.24) is 10.5 Å². The van der Waals surface area contributed by atoms with Gasteiger partial charge in [0.25, 0.3) is 5.91 Å². The standard InChI is InChI=1S/C17H28N2O3/c1-11(2)16-15(13(4)19-22-16)17(20)18-9-10-21-14-8-6-5-7-12(14)3/h11-12,14H,5-10H2,1-4H3,(H,18,20)/t12-,14-/m1/s1. The molecule has 22 heavy (non-hydrogen) atoms. The summed E-state index contributed by atoms with van der Waals surface area (Å²) in [5.41, 5.74) is 1.21. The van der Waals surface area contributed by atoms with Crippen LogP contribution in [0.2, 0.25) is 0 Å². The lowest BCUT2D eigenvalue weighted by molar-refractivity contribution is -0.00294. The van der Waals surface area contributed by atoms with E-state index in [0.717, 1.165) is 6.42 Å². The molecule has 1 aromatic rings. The molecule has 124 valence electrons. The highest BCUT2D eigenvalue weighted by Gasteiger charge is 2.23. The van der Waals surface area contributed by atoms with Gasteiger partial charge in [0.05, 0.1) is 18.4 Å². The Balaban J connectivity index is 1.79. The largest absolute Gasteiger partial charge is 0.376 e. The topological polar surface area (TPSA) is 64.4 Å². The molecule has 1 fully saturated rings. The van der Waals surface area contributed by atoms with E-state index in [-0.39, 0.29) is 11.8 Å². The number of ether oxygens (including phenoxy) is 1. The molecular weight excluding hydrogens is 280 g/mol. The third-order valence-corrected chi connectivity index (χ3v) is 4.39. The summed E-state index contributed by atoms with van der Waals surface area (Å²) >= 11 is 0. The highest BCUT2D eigenvalue weighted by atomic mass is 16.5. The van der Waals surface area contributed by atoms with E-state index in [9.17, 15) is 4.79 Å². The van der Waals surface area contributed by atoms with Gasteiger partial charge in [-0.15, -0.1) is 0 Å². The zero-order valence-corrected chi connectivity index (χ0v) is 14.1. The molecule has 5 nitrogen and oxygen atoms in total. The van der Waals surface area contributed by atoms with E-state index in [1.807, 2.05) is 13.8 Å². The quantitative estimate of drug-likeness (QED) is 0.818. The fraction of sp³-hybridized carbons (Fsp3) is 0.765. The van der Waals surface area contributed by atoms with Gasteiger partial charge in [-0.3, -0.25) is 4.79 Å². The highest BCUT2D eigenvalue weighted by Crippen LogP contribution is 2.26. The van der Waals surface area contributed by atoms with Crippen LogP contribution in [0.3, 0.4) is 0 Å². The van der Waals surface area contributed by atoms with Crippen LogP contribution in [0.15, 0.2) is 4.52 Å². The Morgan fingerprint density at radius 1 is 1.41 bits per heavy atom. The van der Waals surface area contributed by atoms with Gasteiger partial charge in [-0.2, -0.15) is 0 Å². The smallest absolute Gasteiger partial charge is 0.256 e. The predicted molar refractivity (Wildman–Crippen MR) is 85.0 cm³/mol. The molecule has 1 heterocycles. The van der Waals surface area contributed by atoms with Gasteiger partial charge >= 0.3 is 0 Å². The maximum absolute atomic E-state index is 12.3. The van der Waals surface area contributed by atoms with Crippen molar-refractivity contribution in [2.75, 3.05) is 13.2 Å². The number of aromatic nitrogens is 1. The van der Waals surface area contributed by atoms with Gasteiger partial charge in [-0.1, -0.05) is 38.8 Å². The molecule has 0 radical (unpaired) electrons. The van der Waals surface area contributed by atoms with E-state index in [4.69, 9.17) is 9.26 Å². The van der Waals surface area contributed by atoms with Gasteiger partial charge < -0.3 is 14.6 Å². The maximum atomic E-state index is 12.3. The predicted octanol–water partition coefficient (Wildman–Crippen LogP) is 3.43. The second-order valence-electron chi connectivity index (χ2n) is 6.59. The number of hydrogen-bond donors (Lipinski definition) is 1. The summed E-state index contributed by atoms with van der Waals surface area (Å²) in [6, 6.07) is 0. The number of nitrogens with zero attached hydrogens (tertiary/aromatic N) is 1. The van der Waals surface area contributed by atoms with Gasteiger partial charge in [0.15, 0.2) is 5.76 Å². The Morgan fingerprint density at radius 3 is 2.82 bits per heavy atom. The van der Waals surface area contributed by atoms with E-state index in [0.29, 0.717) is 42.2 Å². The van der Waals surface area contributed by atoms with E-state index < -0.39 is 0 Å². The second-order valence-corrected chi connectivity index (χ2v) is 6.59.